The SMILES string of the molecule is O=C(O)CCC(NP(=O)(O)Cc1cccc2ccccc12)C(=O)O. The number of fused-ring (bicyclic) bond motifs is 1. The van der Waals surface area contributed by atoms with Gasteiger partial charge in [0.15, 0.2) is 0 Å². The Labute approximate surface area is 138 Å². The lowest BCUT2D eigenvalue weighted by Crippen LogP contribution is -2.35. The molecule has 4 N–H and O–H groups in total. The van der Waals surface area contributed by atoms with Gasteiger partial charge in [0.2, 0.25) is 0 Å². The van der Waals surface area contributed by atoms with Crippen molar-refractivity contribution in [1.29, 1.82) is 0 Å². The first-order valence-corrected chi connectivity index (χ1v) is 9.14. The van der Waals surface area contributed by atoms with Gasteiger partial charge in [-0.3, -0.25) is 14.2 Å². The Balaban J connectivity index is 2.18. The largest absolute Gasteiger partial charge is 0.481 e. The van der Waals surface area contributed by atoms with Gasteiger partial charge in [-0.1, -0.05) is 42.5 Å². The van der Waals surface area contributed by atoms with Crippen LogP contribution in [-0.2, 0) is 20.3 Å². The van der Waals surface area contributed by atoms with Gasteiger partial charge >= 0.3 is 11.9 Å². The van der Waals surface area contributed by atoms with Gasteiger partial charge < -0.3 is 15.1 Å². The molecule has 0 saturated heterocycles. The zero-order valence-electron chi connectivity index (χ0n) is 12.8. The second-order valence-electron chi connectivity index (χ2n) is 5.45. The summed E-state index contributed by atoms with van der Waals surface area (Å²) in [4.78, 5) is 31.9. The van der Waals surface area contributed by atoms with Crippen LogP contribution in [0.25, 0.3) is 10.8 Å². The lowest BCUT2D eigenvalue weighted by molar-refractivity contribution is -0.140. The van der Waals surface area contributed by atoms with Crippen LogP contribution >= 0.6 is 7.52 Å². The molecule has 0 fully saturated rings. The maximum Gasteiger partial charge on any atom is 0.321 e. The van der Waals surface area contributed by atoms with E-state index in [1.54, 1.807) is 12.1 Å². The number of hydrogen-bond acceptors (Lipinski definition) is 3. The van der Waals surface area contributed by atoms with Crippen molar-refractivity contribution in [3.8, 4) is 0 Å². The molecule has 0 aliphatic carbocycles. The normalized spacial score (nSPS) is 14.9. The third kappa shape index (κ3) is 4.89. The molecule has 2 aromatic carbocycles. The van der Waals surface area contributed by atoms with Gasteiger partial charge in [-0.25, -0.2) is 5.09 Å². The predicted molar refractivity (Wildman–Crippen MR) is 88.9 cm³/mol. The second-order valence-corrected chi connectivity index (χ2v) is 7.43. The minimum atomic E-state index is -4.01. The standard InChI is InChI=1S/C16H18NO6P/c18-15(19)9-8-14(16(20)21)17-24(22,23)10-12-6-3-5-11-4-1-2-7-13(11)12/h1-7,14H,8-10H2,(H,18,19)(H,20,21)(H2,17,22,23). The van der Waals surface area contributed by atoms with E-state index < -0.39 is 31.9 Å². The van der Waals surface area contributed by atoms with Crippen molar-refractivity contribution in [2.75, 3.05) is 0 Å². The molecule has 8 heteroatoms. The fourth-order valence-electron chi connectivity index (χ4n) is 2.46. The third-order valence-electron chi connectivity index (χ3n) is 3.57. The molecular formula is C16H18NO6P. The van der Waals surface area contributed by atoms with Crippen molar-refractivity contribution in [1.82, 2.24) is 5.09 Å². The minimum absolute atomic E-state index is 0.245. The van der Waals surface area contributed by atoms with Gasteiger partial charge in [-0.2, -0.15) is 0 Å². The molecule has 0 radical (unpaired) electrons. The second kappa shape index (κ2) is 7.57. The molecule has 0 aliphatic rings. The zero-order chi connectivity index (χ0) is 17.7. The van der Waals surface area contributed by atoms with Crippen molar-refractivity contribution < 1.29 is 29.3 Å². The summed E-state index contributed by atoms with van der Waals surface area (Å²) >= 11 is 0. The number of carbonyl (C=O) groups is 2. The van der Waals surface area contributed by atoms with Crippen LogP contribution < -0.4 is 5.09 Å². The molecule has 2 aromatic rings. The van der Waals surface area contributed by atoms with E-state index in [0.717, 1.165) is 10.8 Å². The van der Waals surface area contributed by atoms with E-state index in [2.05, 4.69) is 5.09 Å². The Kier molecular flexibility index (Phi) is 5.72. The van der Waals surface area contributed by atoms with Gasteiger partial charge in [0.25, 0.3) is 7.52 Å². The molecular weight excluding hydrogens is 333 g/mol. The summed E-state index contributed by atoms with van der Waals surface area (Å²) in [5.41, 5.74) is 0.619. The molecule has 2 atom stereocenters. The predicted octanol–water partition coefficient (Wildman–Crippen LogP) is 2.43. The van der Waals surface area contributed by atoms with E-state index in [1.807, 2.05) is 30.3 Å². The summed E-state index contributed by atoms with van der Waals surface area (Å²) in [5.74, 6) is -2.52. The van der Waals surface area contributed by atoms with Gasteiger partial charge in [0.1, 0.15) is 6.04 Å². The molecule has 0 bridgehead atoms. The zero-order valence-corrected chi connectivity index (χ0v) is 13.6. The molecule has 7 nitrogen and oxygen atoms in total. The summed E-state index contributed by atoms with van der Waals surface area (Å²) < 4.78 is 12.4. The molecule has 0 aromatic heterocycles. The highest BCUT2D eigenvalue weighted by molar-refractivity contribution is 7.55. The molecule has 0 aliphatic heterocycles. The smallest absolute Gasteiger partial charge is 0.321 e. The van der Waals surface area contributed by atoms with Crippen LogP contribution in [0.1, 0.15) is 18.4 Å². The molecule has 0 amide bonds. The number of aliphatic carboxylic acids is 2. The minimum Gasteiger partial charge on any atom is -0.481 e. The van der Waals surface area contributed by atoms with Crippen LogP contribution in [-0.4, -0.2) is 33.1 Å². The third-order valence-corrected chi connectivity index (χ3v) is 5.05. The molecule has 2 unspecified atom stereocenters. The lowest BCUT2D eigenvalue weighted by Gasteiger charge is -2.19. The first-order chi connectivity index (χ1) is 11.3. The van der Waals surface area contributed by atoms with Gasteiger partial charge in [0.05, 0.1) is 6.16 Å². The summed E-state index contributed by atoms with van der Waals surface area (Å²) in [5, 5.41) is 21.7. The maximum atomic E-state index is 12.4. The monoisotopic (exact) mass is 351 g/mol. The Morgan fingerprint density at radius 2 is 1.75 bits per heavy atom. The first-order valence-electron chi connectivity index (χ1n) is 7.29. The Bertz CT molecular complexity index is 801. The van der Waals surface area contributed by atoms with Crippen LogP contribution in [0, 0.1) is 0 Å². The van der Waals surface area contributed by atoms with Crippen molar-refractivity contribution in [2.24, 2.45) is 0 Å². The first kappa shape index (κ1) is 18.1. The Morgan fingerprint density at radius 3 is 2.42 bits per heavy atom. The van der Waals surface area contributed by atoms with Gasteiger partial charge in [-0.15, -0.1) is 0 Å². The number of carboxylic acids is 2. The van der Waals surface area contributed by atoms with Crippen LogP contribution in [0.2, 0.25) is 0 Å². The molecule has 0 spiro atoms. The maximum absolute atomic E-state index is 12.4. The molecule has 128 valence electrons. The van der Waals surface area contributed by atoms with E-state index in [-0.39, 0.29) is 12.6 Å². The van der Waals surface area contributed by atoms with E-state index in [1.165, 1.54) is 0 Å². The average molecular weight is 351 g/mol. The van der Waals surface area contributed by atoms with Crippen molar-refractivity contribution in [2.45, 2.75) is 25.0 Å². The van der Waals surface area contributed by atoms with Gasteiger partial charge in [-0.05, 0) is 22.8 Å². The number of carboxylic acid groups (broad SMARTS) is 2. The number of rotatable bonds is 8. The quantitative estimate of drug-likeness (QED) is 0.538. The number of hydrogen-bond donors (Lipinski definition) is 4. The van der Waals surface area contributed by atoms with Crippen molar-refractivity contribution in [3.05, 3.63) is 48.0 Å². The van der Waals surface area contributed by atoms with Crippen LogP contribution in [0.4, 0.5) is 0 Å². The summed E-state index contributed by atoms with van der Waals surface area (Å²) in [7, 11) is -4.01. The molecule has 0 heterocycles. The van der Waals surface area contributed by atoms with Crippen molar-refractivity contribution >= 4 is 30.2 Å². The highest BCUT2D eigenvalue weighted by Crippen LogP contribution is 2.42. The van der Waals surface area contributed by atoms with Gasteiger partial charge in [0, 0.05) is 6.42 Å². The summed E-state index contributed by atoms with van der Waals surface area (Å²) in [6.45, 7) is 0. The van der Waals surface area contributed by atoms with E-state index in [9.17, 15) is 19.0 Å². The highest BCUT2D eigenvalue weighted by Gasteiger charge is 2.28. The number of benzene rings is 2. The number of nitrogens with one attached hydrogen (secondary N) is 1. The lowest BCUT2D eigenvalue weighted by atomic mass is 10.1. The van der Waals surface area contributed by atoms with E-state index in [4.69, 9.17) is 10.2 Å². The molecule has 0 saturated carbocycles. The summed E-state index contributed by atoms with van der Waals surface area (Å²) in [6, 6.07) is 11.3. The van der Waals surface area contributed by atoms with Crippen molar-refractivity contribution in [3.63, 3.8) is 0 Å². The van der Waals surface area contributed by atoms with Crippen LogP contribution in [0.5, 0.6) is 0 Å². The average Bonchev–Trinajstić information content (AvgIpc) is 2.51. The highest BCUT2D eigenvalue weighted by atomic mass is 31.2. The Hall–Kier alpha value is -2.21. The van der Waals surface area contributed by atoms with E-state index in [0.29, 0.717) is 5.56 Å². The summed E-state index contributed by atoms with van der Waals surface area (Å²) in [6.07, 6.45) is -0.922. The fourth-order valence-corrected chi connectivity index (χ4v) is 4.02. The van der Waals surface area contributed by atoms with Crippen LogP contribution in [0.3, 0.4) is 0 Å². The molecule has 2 rings (SSSR count). The molecule has 24 heavy (non-hydrogen) atoms. The van der Waals surface area contributed by atoms with Crippen LogP contribution in [0.15, 0.2) is 42.5 Å². The fraction of sp³-hybridized carbons (Fsp3) is 0.250. The Morgan fingerprint density at radius 1 is 1.08 bits per heavy atom. The topological polar surface area (TPSA) is 124 Å². The van der Waals surface area contributed by atoms with E-state index >= 15 is 0 Å².